The van der Waals surface area contributed by atoms with E-state index >= 15 is 4.79 Å². The molecule has 8 heterocycles. The Kier molecular flexibility index (Phi) is 8.86. The fourth-order valence-corrected chi connectivity index (χ4v) is 13.9. The smallest absolute Gasteiger partial charge is 0.339 e. The maximum absolute atomic E-state index is 15.1. The van der Waals surface area contributed by atoms with E-state index in [0.717, 1.165) is 92.1 Å². The van der Waals surface area contributed by atoms with Crippen LogP contribution in [0.4, 0.5) is 0 Å². The van der Waals surface area contributed by atoms with Crippen molar-refractivity contribution >= 4 is 11.9 Å². The predicted octanol–water partition coefficient (Wildman–Crippen LogP) is 6.36. The van der Waals surface area contributed by atoms with Crippen LogP contribution in [0.25, 0.3) is 0 Å². The molecule has 11 unspecified atom stereocenters. The van der Waals surface area contributed by atoms with Crippen LogP contribution in [0.2, 0.25) is 0 Å². The molecule has 1 aromatic carbocycles. The molecule has 0 amide bonds. The van der Waals surface area contributed by atoms with Gasteiger partial charge in [0, 0.05) is 54.8 Å². The third-order valence-corrected chi connectivity index (χ3v) is 16.1. The molecule has 11 atom stereocenters. The first-order valence-electron chi connectivity index (χ1n) is 21.5. The van der Waals surface area contributed by atoms with Crippen LogP contribution in [0.1, 0.15) is 126 Å². The Balaban J connectivity index is 1.27. The molecule has 2 saturated carbocycles. The summed E-state index contributed by atoms with van der Waals surface area (Å²) in [6, 6.07) is 7.40. The van der Waals surface area contributed by atoms with E-state index in [1.165, 1.54) is 57.4 Å². The topological polar surface area (TPSA) is 86.3 Å². The summed E-state index contributed by atoms with van der Waals surface area (Å²) in [6.45, 7) is 14.9. The number of benzene rings is 1. The highest BCUT2D eigenvalue weighted by Gasteiger charge is 2.91. The van der Waals surface area contributed by atoms with Gasteiger partial charge in [0.15, 0.2) is 5.60 Å². The molecular weight excluding hydrogens is 647 g/mol. The van der Waals surface area contributed by atoms with Gasteiger partial charge in [-0.1, -0.05) is 70.4 Å². The van der Waals surface area contributed by atoms with E-state index in [-0.39, 0.29) is 17.9 Å². The molecule has 7 heteroatoms. The number of hydrogen-bond acceptors (Lipinski definition) is 6. The highest BCUT2D eigenvalue weighted by atomic mass is 16.6. The molecular formula is C45H64N3O4+. The molecule has 3 N–H and O–H groups in total. The van der Waals surface area contributed by atoms with Crippen LogP contribution in [-0.4, -0.2) is 61.6 Å². The number of aryl methyl sites for hydroxylation is 1. The molecule has 11 aliphatic rings. The fourth-order valence-electron chi connectivity index (χ4n) is 13.9. The van der Waals surface area contributed by atoms with Gasteiger partial charge < -0.3 is 20.1 Å². The Bertz CT molecular complexity index is 1650. The minimum Gasteiger partial charge on any atom is -0.449 e. The Morgan fingerprint density at radius 3 is 2.65 bits per heavy atom. The molecule has 0 aromatic heterocycles. The van der Waals surface area contributed by atoms with Crippen molar-refractivity contribution in [3.63, 3.8) is 0 Å². The Morgan fingerprint density at radius 2 is 1.90 bits per heavy atom. The van der Waals surface area contributed by atoms with Crippen LogP contribution in [0, 0.1) is 46.3 Å². The van der Waals surface area contributed by atoms with Crippen molar-refractivity contribution in [3.8, 4) is 0 Å². The van der Waals surface area contributed by atoms with Gasteiger partial charge in [-0.15, -0.1) is 0 Å². The normalized spacial score (nSPS) is 43.4. The van der Waals surface area contributed by atoms with Crippen molar-refractivity contribution in [2.45, 2.75) is 129 Å². The third kappa shape index (κ3) is 4.79. The summed E-state index contributed by atoms with van der Waals surface area (Å²) in [5.41, 5.74) is 7.76. The predicted molar refractivity (Wildman–Crippen MR) is 202 cm³/mol. The molecule has 52 heavy (non-hydrogen) atoms. The molecule has 8 aliphatic heterocycles. The largest absolute Gasteiger partial charge is 0.449 e. The number of piperidine rings is 2. The second-order valence-electron chi connectivity index (χ2n) is 18.9. The van der Waals surface area contributed by atoms with Crippen LogP contribution in [0.5, 0.6) is 0 Å². The second-order valence-corrected chi connectivity index (χ2v) is 18.9. The SMILES string of the molecule is CCCC1CC=C2OC(=O)C34C=C(CCC23C2(OC(=O)c3c(CCCN)cccc32)C4CC(C)CC)C2CC(C)CCC2[NH+]2CC3CC(CN1C3)C2. The molecule has 12 rings (SSSR count). The van der Waals surface area contributed by atoms with Crippen molar-refractivity contribution in [1.29, 1.82) is 0 Å². The number of nitrogens with two attached hydrogens (primary N) is 1. The van der Waals surface area contributed by atoms with Crippen molar-refractivity contribution < 1.29 is 24.0 Å². The van der Waals surface area contributed by atoms with Crippen LogP contribution >= 0.6 is 0 Å². The minimum atomic E-state index is -0.929. The number of nitrogens with zero attached hydrogens (tertiary/aromatic N) is 1. The highest BCUT2D eigenvalue weighted by molar-refractivity contribution is 5.99. The maximum atomic E-state index is 15.1. The molecule has 2 spiro atoms. The van der Waals surface area contributed by atoms with Crippen molar-refractivity contribution in [1.82, 2.24) is 4.90 Å². The summed E-state index contributed by atoms with van der Waals surface area (Å²) in [5, 5.41) is 0. The average molecular weight is 711 g/mol. The number of rotatable bonds is 8. The number of fused-ring (bicyclic) bond motifs is 2. The number of carbonyl (C=O) groups excluding carboxylic acids is 2. The lowest BCUT2D eigenvalue weighted by molar-refractivity contribution is -0.942. The third-order valence-electron chi connectivity index (χ3n) is 16.1. The molecule has 3 aliphatic carbocycles. The quantitative estimate of drug-likeness (QED) is 0.242. The van der Waals surface area contributed by atoms with Gasteiger partial charge in [-0.25, -0.2) is 4.79 Å². The monoisotopic (exact) mass is 710 g/mol. The van der Waals surface area contributed by atoms with E-state index < -0.39 is 16.4 Å². The fraction of sp³-hybridized carbons (Fsp3) is 0.733. The van der Waals surface area contributed by atoms with E-state index in [9.17, 15) is 4.79 Å². The van der Waals surface area contributed by atoms with Crippen LogP contribution < -0.4 is 10.6 Å². The van der Waals surface area contributed by atoms with E-state index in [4.69, 9.17) is 15.2 Å². The van der Waals surface area contributed by atoms with E-state index in [0.29, 0.717) is 36.4 Å². The zero-order valence-electron chi connectivity index (χ0n) is 32.4. The summed E-state index contributed by atoms with van der Waals surface area (Å²) in [6.07, 6.45) is 18.3. The standard InChI is InChI=1S/C45H63N3O4/c1-5-9-34-14-16-39-44-18-17-33(35-20-29(4)13-15-37(35)48-26-30-22-31(27-48)25-47(34)24-30)23-43(44,42(50)51-39)38(21-28(3)6-2)45(44)36-12-7-10-32(11-8-19-46)40(36)41(49)52-45/h7,10,12,16,23,28-31,34-35,37-38H,5-6,8-9,11,13-15,17-22,24-27,46H2,1-4H3/p+1. The average Bonchev–Trinajstić information content (AvgIpc) is 3.58. The lowest BCUT2D eigenvalue weighted by Gasteiger charge is -2.69. The van der Waals surface area contributed by atoms with Gasteiger partial charge >= 0.3 is 11.9 Å². The summed E-state index contributed by atoms with van der Waals surface area (Å²) in [5.74, 6) is 3.39. The van der Waals surface area contributed by atoms with Gasteiger partial charge in [0.25, 0.3) is 0 Å². The first-order valence-corrected chi connectivity index (χ1v) is 21.5. The number of hydrogen-bond donors (Lipinski definition) is 2. The number of ether oxygens (including phenoxy) is 2. The molecule has 0 radical (unpaired) electrons. The van der Waals surface area contributed by atoms with E-state index in [1.807, 2.05) is 4.90 Å². The first kappa shape index (κ1) is 35.2. The molecule has 282 valence electrons. The van der Waals surface area contributed by atoms with E-state index in [2.05, 4.69) is 62.9 Å². The summed E-state index contributed by atoms with van der Waals surface area (Å²) >= 11 is 0. The molecule has 5 fully saturated rings. The lowest BCUT2D eigenvalue weighted by atomic mass is 9.31. The lowest BCUT2D eigenvalue weighted by Crippen LogP contribution is -3.19. The molecule has 3 saturated heterocycles. The van der Waals surface area contributed by atoms with Gasteiger partial charge in [-0.3, -0.25) is 9.69 Å². The summed E-state index contributed by atoms with van der Waals surface area (Å²) < 4.78 is 13.8. The van der Waals surface area contributed by atoms with Crippen LogP contribution in [-0.2, 0) is 26.3 Å². The maximum Gasteiger partial charge on any atom is 0.339 e. The second kappa shape index (κ2) is 13.1. The van der Waals surface area contributed by atoms with Gasteiger partial charge in [0.1, 0.15) is 11.2 Å². The summed E-state index contributed by atoms with van der Waals surface area (Å²) in [7, 11) is 0. The number of nitrogens with one attached hydrogen (secondary N) is 1. The van der Waals surface area contributed by atoms with Crippen molar-refractivity contribution in [2.24, 2.45) is 52.1 Å². The first-order chi connectivity index (χ1) is 25.2. The molecule has 8 bridgehead atoms. The van der Waals surface area contributed by atoms with Gasteiger partial charge in [0.2, 0.25) is 0 Å². The Morgan fingerprint density at radius 1 is 1.10 bits per heavy atom. The zero-order valence-corrected chi connectivity index (χ0v) is 32.4. The van der Waals surface area contributed by atoms with Crippen LogP contribution in [0.3, 0.4) is 0 Å². The number of carbonyl (C=O) groups is 2. The Hall–Kier alpha value is -2.48. The highest BCUT2D eigenvalue weighted by Crippen LogP contribution is 2.84. The number of quaternary nitrogens is 1. The Labute approximate surface area is 312 Å². The van der Waals surface area contributed by atoms with E-state index in [1.54, 1.807) is 0 Å². The van der Waals surface area contributed by atoms with Gasteiger partial charge in [-0.05, 0) is 94.2 Å². The molecule has 7 nitrogen and oxygen atoms in total. The van der Waals surface area contributed by atoms with Gasteiger partial charge in [-0.2, -0.15) is 0 Å². The van der Waals surface area contributed by atoms with Crippen molar-refractivity contribution in [3.05, 3.63) is 58.4 Å². The summed E-state index contributed by atoms with van der Waals surface area (Å²) in [4.78, 5) is 34.2. The van der Waals surface area contributed by atoms with Crippen molar-refractivity contribution in [2.75, 3.05) is 32.7 Å². The zero-order chi connectivity index (χ0) is 36.0. The number of esters is 2. The minimum absolute atomic E-state index is 0.0902. The van der Waals surface area contributed by atoms with Crippen LogP contribution in [0.15, 0.2) is 41.7 Å². The van der Waals surface area contributed by atoms with Gasteiger partial charge in [0.05, 0.1) is 30.1 Å². The molecule has 1 aromatic rings.